The molecule has 1 heterocycles. The van der Waals surface area contributed by atoms with Crippen LogP contribution >= 0.6 is 0 Å². The van der Waals surface area contributed by atoms with Crippen LogP contribution in [0.25, 0.3) is 22.0 Å². The molecule has 0 amide bonds. The van der Waals surface area contributed by atoms with E-state index < -0.39 is 0 Å². The normalized spacial score (nSPS) is 11.9. The van der Waals surface area contributed by atoms with Crippen LogP contribution in [0.5, 0.6) is 0 Å². The zero-order valence-electron chi connectivity index (χ0n) is 16.4. The SMILES string of the molecule is Cc1ccccc1-c1c2ccc(C(C(C)C)C(C)C)cc2cc[n+]1C. The van der Waals surface area contributed by atoms with Gasteiger partial charge in [0.25, 0.3) is 0 Å². The zero-order valence-corrected chi connectivity index (χ0v) is 16.4. The third-order valence-corrected chi connectivity index (χ3v) is 5.38. The first-order valence-corrected chi connectivity index (χ1v) is 9.38. The fourth-order valence-electron chi connectivity index (χ4n) is 4.31. The number of pyridine rings is 1. The van der Waals surface area contributed by atoms with Gasteiger partial charge in [-0.2, -0.15) is 0 Å². The van der Waals surface area contributed by atoms with Crippen molar-refractivity contribution in [3.05, 3.63) is 65.9 Å². The van der Waals surface area contributed by atoms with E-state index in [0.717, 1.165) is 0 Å². The van der Waals surface area contributed by atoms with Gasteiger partial charge in [0.2, 0.25) is 5.69 Å². The van der Waals surface area contributed by atoms with Gasteiger partial charge in [-0.15, -0.1) is 0 Å². The van der Waals surface area contributed by atoms with Gasteiger partial charge in [-0.25, -0.2) is 4.57 Å². The van der Waals surface area contributed by atoms with Crippen molar-refractivity contribution in [1.82, 2.24) is 0 Å². The van der Waals surface area contributed by atoms with E-state index in [0.29, 0.717) is 17.8 Å². The fourth-order valence-corrected chi connectivity index (χ4v) is 4.31. The monoisotopic (exact) mass is 332 g/mol. The highest BCUT2D eigenvalue weighted by Crippen LogP contribution is 2.35. The van der Waals surface area contributed by atoms with E-state index in [1.807, 2.05) is 0 Å². The van der Waals surface area contributed by atoms with Gasteiger partial charge in [-0.3, -0.25) is 0 Å². The molecule has 0 unspecified atom stereocenters. The van der Waals surface area contributed by atoms with Crippen molar-refractivity contribution in [2.45, 2.75) is 40.5 Å². The first kappa shape index (κ1) is 17.7. The lowest BCUT2D eigenvalue weighted by Gasteiger charge is -2.25. The average molecular weight is 333 g/mol. The topological polar surface area (TPSA) is 3.88 Å². The molecule has 0 bridgehead atoms. The van der Waals surface area contributed by atoms with Crippen molar-refractivity contribution in [3.8, 4) is 11.3 Å². The minimum atomic E-state index is 0.597. The fraction of sp³-hybridized carbons (Fsp3) is 0.375. The second-order valence-corrected chi connectivity index (χ2v) is 7.95. The number of benzene rings is 2. The van der Waals surface area contributed by atoms with Gasteiger partial charge < -0.3 is 0 Å². The molecule has 0 saturated heterocycles. The van der Waals surface area contributed by atoms with Crippen LogP contribution in [-0.4, -0.2) is 0 Å². The highest BCUT2D eigenvalue weighted by atomic mass is 14.9. The molecular weight excluding hydrogens is 302 g/mol. The Balaban J connectivity index is 2.21. The molecule has 3 aromatic rings. The molecule has 3 rings (SSSR count). The Hall–Kier alpha value is -2.15. The van der Waals surface area contributed by atoms with Crippen LogP contribution in [0.2, 0.25) is 0 Å². The number of hydrogen-bond donors (Lipinski definition) is 0. The maximum absolute atomic E-state index is 2.40. The smallest absolute Gasteiger partial charge is 0.200 e. The minimum Gasteiger partial charge on any atom is -0.200 e. The molecule has 0 saturated carbocycles. The van der Waals surface area contributed by atoms with E-state index in [1.54, 1.807) is 0 Å². The molecule has 0 N–H and O–H groups in total. The quantitative estimate of drug-likeness (QED) is 0.513. The molecule has 1 nitrogen and oxygen atoms in total. The van der Waals surface area contributed by atoms with E-state index in [1.165, 1.54) is 33.2 Å². The Bertz CT molecular complexity index is 882. The summed E-state index contributed by atoms with van der Waals surface area (Å²) in [5.74, 6) is 1.89. The van der Waals surface area contributed by atoms with Crippen molar-refractivity contribution < 1.29 is 4.57 Å². The first-order chi connectivity index (χ1) is 11.9. The predicted molar refractivity (Wildman–Crippen MR) is 108 cm³/mol. The molecule has 130 valence electrons. The second-order valence-electron chi connectivity index (χ2n) is 7.95. The number of aryl methyl sites for hydroxylation is 2. The van der Waals surface area contributed by atoms with Crippen molar-refractivity contribution >= 4 is 10.8 Å². The molecule has 0 radical (unpaired) electrons. The van der Waals surface area contributed by atoms with Crippen molar-refractivity contribution in [3.63, 3.8) is 0 Å². The Morgan fingerprint density at radius 3 is 2.16 bits per heavy atom. The summed E-state index contributed by atoms with van der Waals surface area (Å²) in [5, 5.41) is 2.66. The lowest BCUT2D eigenvalue weighted by molar-refractivity contribution is -0.659. The number of aromatic nitrogens is 1. The van der Waals surface area contributed by atoms with Crippen molar-refractivity contribution in [1.29, 1.82) is 0 Å². The molecule has 0 fully saturated rings. The summed E-state index contributed by atoms with van der Waals surface area (Å²) in [4.78, 5) is 0. The summed E-state index contributed by atoms with van der Waals surface area (Å²) in [6.45, 7) is 11.5. The zero-order chi connectivity index (χ0) is 18.1. The summed E-state index contributed by atoms with van der Waals surface area (Å²) in [6, 6.07) is 18.0. The Kier molecular flexibility index (Phi) is 4.94. The molecule has 0 aliphatic heterocycles. The van der Waals surface area contributed by atoms with Gasteiger partial charge in [-0.1, -0.05) is 58.0 Å². The Morgan fingerprint density at radius 2 is 1.52 bits per heavy atom. The molecule has 0 aliphatic rings. The van der Waals surface area contributed by atoms with Gasteiger partial charge in [0.05, 0.1) is 5.39 Å². The number of nitrogens with zero attached hydrogens (tertiary/aromatic N) is 1. The molecule has 2 aromatic carbocycles. The third kappa shape index (κ3) is 3.33. The third-order valence-electron chi connectivity index (χ3n) is 5.38. The highest BCUT2D eigenvalue weighted by Gasteiger charge is 2.22. The van der Waals surface area contributed by atoms with Crippen LogP contribution in [0.4, 0.5) is 0 Å². The van der Waals surface area contributed by atoms with Crippen LogP contribution in [-0.2, 0) is 7.05 Å². The summed E-state index contributed by atoms with van der Waals surface area (Å²) in [7, 11) is 2.14. The number of fused-ring (bicyclic) bond motifs is 1. The van der Waals surface area contributed by atoms with Gasteiger partial charge in [0, 0.05) is 11.6 Å². The molecule has 0 aliphatic carbocycles. The lowest BCUT2D eigenvalue weighted by Crippen LogP contribution is -2.30. The second kappa shape index (κ2) is 7.00. The lowest BCUT2D eigenvalue weighted by atomic mass is 9.79. The van der Waals surface area contributed by atoms with Crippen molar-refractivity contribution in [2.24, 2.45) is 18.9 Å². The van der Waals surface area contributed by atoms with Gasteiger partial charge in [0.15, 0.2) is 6.20 Å². The Labute approximate surface area is 152 Å². The van der Waals surface area contributed by atoms with Gasteiger partial charge in [-0.05, 0) is 53.3 Å². The van der Waals surface area contributed by atoms with Crippen LogP contribution in [0, 0.1) is 18.8 Å². The van der Waals surface area contributed by atoms with E-state index in [2.05, 4.69) is 101 Å². The van der Waals surface area contributed by atoms with E-state index in [-0.39, 0.29) is 0 Å². The highest BCUT2D eigenvalue weighted by molar-refractivity contribution is 5.94. The van der Waals surface area contributed by atoms with Crippen molar-refractivity contribution in [2.75, 3.05) is 0 Å². The van der Waals surface area contributed by atoms with E-state index in [4.69, 9.17) is 0 Å². The maximum atomic E-state index is 2.40. The van der Waals surface area contributed by atoms with Crippen LogP contribution < -0.4 is 4.57 Å². The predicted octanol–water partition coefficient (Wildman–Crippen LogP) is 6.04. The largest absolute Gasteiger partial charge is 0.220 e. The summed E-state index contributed by atoms with van der Waals surface area (Å²) < 4.78 is 2.24. The first-order valence-electron chi connectivity index (χ1n) is 9.38. The van der Waals surface area contributed by atoms with Crippen LogP contribution in [0.15, 0.2) is 54.7 Å². The summed E-state index contributed by atoms with van der Waals surface area (Å²) in [5.41, 5.74) is 5.39. The van der Waals surface area contributed by atoms with Crippen LogP contribution in [0.3, 0.4) is 0 Å². The summed E-state index contributed by atoms with van der Waals surface area (Å²) in [6.07, 6.45) is 2.19. The molecule has 0 atom stereocenters. The molecule has 0 spiro atoms. The minimum absolute atomic E-state index is 0.597. The summed E-state index contributed by atoms with van der Waals surface area (Å²) >= 11 is 0. The number of rotatable bonds is 4. The average Bonchev–Trinajstić information content (AvgIpc) is 2.55. The van der Waals surface area contributed by atoms with E-state index in [9.17, 15) is 0 Å². The van der Waals surface area contributed by atoms with Crippen LogP contribution in [0.1, 0.15) is 44.7 Å². The maximum Gasteiger partial charge on any atom is 0.220 e. The van der Waals surface area contributed by atoms with Gasteiger partial charge >= 0.3 is 0 Å². The molecule has 1 heteroatoms. The molecule has 25 heavy (non-hydrogen) atoms. The molecular formula is C24H30N+. The number of hydrogen-bond acceptors (Lipinski definition) is 0. The molecule has 1 aromatic heterocycles. The van der Waals surface area contributed by atoms with Gasteiger partial charge in [0.1, 0.15) is 7.05 Å². The van der Waals surface area contributed by atoms with E-state index >= 15 is 0 Å². The standard InChI is InChI=1S/C24H30N/c1-16(2)23(17(3)4)20-11-12-22-19(15-20)13-14-25(6)24(22)21-10-8-7-9-18(21)5/h7-17,23H,1-6H3/q+1. The Morgan fingerprint density at radius 1 is 0.840 bits per heavy atom.